The van der Waals surface area contributed by atoms with Gasteiger partial charge in [0.15, 0.2) is 0 Å². The summed E-state index contributed by atoms with van der Waals surface area (Å²) in [6.45, 7) is 11.4. The molecule has 0 rings (SSSR count). The fourth-order valence-corrected chi connectivity index (χ4v) is 2.92. The molecule has 0 heterocycles. The second-order valence-corrected chi connectivity index (χ2v) is 7.95. The number of aliphatic carboxylic acids is 1. The van der Waals surface area contributed by atoms with E-state index in [9.17, 15) is 4.79 Å². The van der Waals surface area contributed by atoms with E-state index in [2.05, 4.69) is 46.8 Å². The number of rotatable bonds is 14. The molecule has 2 atom stereocenters. The topological polar surface area (TPSA) is 37.3 Å². The lowest BCUT2D eigenvalue weighted by atomic mass is 9.93. The van der Waals surface area contributed by atoms with E-state index in [4.69, 9.17) is 5.11 Å². The summed E-state index contributed by atoms with van der Waals surface area (Å²) in [5, 5.41) is 8.63. The number of hydrogen-bond donors (Lipinski definition) is 1. The van der Waals surface area contributed by atoms with Crippen molar-refractivity contribution in [2.75, 3.05) is 0 Å². The molecule has 2 nitrogen and oxygen atoms in total. The zero-order valence-corrected chi connectivity index (χ0v) is 16.7. The molecule has 0 amide bonds. The Morgan fingerprint density at radius 3 is 2.21 bits per heavy atom. The zero-order valence-electron chi connectivity index (χ0n) is 16.7. The van der Waals surface area contributed by atoms with E-state index < -0.39 is 5.97 Å². The van der Waals surface area contributed by atoms with Crippen molar-refractivity contribution in [3.63, 3.8) is 0 Å². The average Bonchev–Trinajstić information content (AvgIpc) is 2.46. The third-order valence-electron chi connectivity index (χ3n) is 4.59. The van der Waals surface area contributed by atoms with Gasteiger partial charge in [0.25, 0.3) is 0 Å². The molecular formula is C22H40O2. The smallest absolute Gasteiger partial charge is 0.303 e. The van der Waals surface area contributed by atoms with Crippen LogP contribution >= 0.6 is 0 Å². The van der Waals surface area contributed by atoms with Gasteiger partial charge in [0, 0.05) is 6.42 Å². The minimum Gasteiger partial charge on any atom is -0.481 e. The van der Waals surface area contributed by atoms with Crippen LogP contribution in [0.4, 0.5) is 0 Å². The van der Waals surface area contributed by atoms with Crippen molar-refractivity contribution in [1.82, 2.24) is 0 Å². The molecular weight excluding hydrogens is 296 g/mol. The van der Waals surface area contributed by atoms with Gasteiger partial charge in [-0.05, 0) is 43.9 Å². The van der Waals surface area contributed by atoms with E-state index in [0.29, 0.717) is 12.3 Å². The van der Waals surface area contributed by atoms with Crippen LogP contribution in [0.15, 0.2) is 23.8 Å². The number of carboxylic acid groups (broad SMARTS) is 1. The van der Waals surface area contributed by atoms with Gasteiger partial charge in [-0.15, -0.1) is 0 Å². The molecule has 2 heteroatoms. The Balaban J connectivity index is 3.77. The van der Waals surface area contributed by atoms with E-state index in [0.717, 1.165) is 18.3 Å². The Bertz CT molecular complexity index is 379. The number of hydrogen-bond acceptors (Lipinski definition) is 1. The van der Waals surface area contributed by atoms with Crippen LogP contribution < -0.4 is 0 Å². The Hall–Kier alpha value is -1.05. The van der Waals surface area contributed by atoms with Crippen molar-refractivity contribution < 1.29 is 9.90 Å². The molecule has 0 aliphatic carbocycles. The SMILES string of the molecule is C/C(=C\CCC(=O)O)C/C=C/C(C)CCCC(C)CCCC(C)C. The lowest BCUT2D eigenvalue weighted by molar-refractivity contribution is -0.136. The molecule has 0 aliphatic rings. The normalized spacial score (nSPS) is 15.2. The van der Waals surface area contributed by atoms with Crippen LogP contribution in [0, 0.1) is 17.8 Å². The van der Waals surface area contributed by atoms with Crippen molar-refractivity contribution in [3.8, 4) is 0 Å². The van der Waals surface area contributed by atoms with Crippen LogP contribution in [0.3, 0.4) is 0 Å². The Labute approximate surface area is 150 Å². The first-order valence-corrected chi connectivity index (χ1v) is 9.85. The molecule has 0 aromatic heterocycles. The monoisotopic (exact) mass is 336 g/mol. The lowest BCUT2D eigenvalue weighted by Crippen LogP contribution is -1.98. The largest absolute Gasteiger partial charge is 0.481 e. The minimum absolute atomic E-state index is 0.229. The highest BCUT2D eigenvalue weighted by Gasteiger charge is 2.04. The molecule has 0 aromatic carbocycles. The zero-order chi connectivity index (χ0) is 18.4. The molecule has 0 radical (unpaired) electrons. The molecule has 2 unspecified atom stereocenters. The van der Waals surface area contributed by atoms with Gasteiger partial charge in [-0.3, -0.25) is 4.79 Å². The van der Waals surface area contributed by atoms with Gasteiger partial charge < -0.3 is 5.11 Å². The molecule has 140 valence electrons. The summed E-state index contributed by atoms with van der Waals surface area (Å²) in [6.07, 6.45) is 16.5. The second kappa shape index (κ2) is 14.3. The maximum absolute atomic E-state index is 10.5. The van der Waals surface area contributed by atoms with E-state index >= 15 is 0 Å². The molecule has 0 fully saturated rings. The summed E-state index contributed by atoms with van der Waals surface area (Å²) in [7, 11) is 0. The van der Waals surface area contributed by atoms with Gasteiger partial charge in [0.1, 0.15) is 0 Å². The molecule has 0 bridgehead atoms. The Morgan fingerprint density at radius 1 is 1.00 bits per heavy atom. The van der Waals surface area contributed by atoms with Crippen molar-refractivity contribution in [3.05, 3.63) is 23.8 Å². The predicted molar refractivity (Wildman–Crippen MR) is 105 cm³/mol. The van der Waals surface area contributed by atoms with Crippen LogP contribution in [0.25, 0.3) is 0 Å². The molecule has 0 spiro atoms. The first-order chi connectivity index (χ1) is 11.3. The summed E-state index contributed by atoms with van der Waals surface area (Å²) < 4.78 is 0. The van der Waals surface area contributed by atoms with Crippen molar-refractivity contribution in [2.24, 2.45) is 17.8 Å². The second-order valence-electron chi connectivity index (χ2n) is 7.95. The van der Waals surface area contributed by atoms with Gasteiger partial charge >= 0.3 is 5.97 Å². The summed E-state index contributed by atoms with van der Waals surface area (Å²) in [5.41, 5.74) is 1.26. The van der Waals surface area contributed by atoms with Gasteiger partial charge in [0.05, 0.1) is 0 Å². The highest BCUT2D eigenvalue weighted by Crippen LogP contribution is 2.19. The molecule has 0 aromatic rings. The number of carboxylic acids is 1. The van der Waals surface area contributed by atoms with Gasteiger partial charge in [-0.2, -0.15) is 0 Å². The first kappa shape index (κ1) is 22.9. The lowest BCUT2D eigenvalue weighted by Gasteiger charge is -2.13. The van der Waals surface area contributed by atoms with E-state index in [1.54, 1.807) is 0 Å². The minimum atomic E-state index is -0.721. The number of allylic oxidation sites excluding steroid dienone is 4. The third kappa shape index (κ3) is 15.8. The van der Waals surface area contributed by atoms with E-state index in [-0.39, 0.29) is 6.42 Å². The Morgan fingerprint density at radius 2 is 1.62 bits per heavy atom. The van der Waals surface area contributed by atoms with Crippen LogP contribution in [0.2, 0.25) is 0 Å². The van der Waals surface area contributed by atoms with Gasteiger partial charge in [0.2, 0.25) is 0 Å². The first-order valence-electron chi connectivity index (χ1n) is 9.85. The quantitative estimate of drug-likeness (QED) is 0.346. The standard InChI is InChI=1S/C22H40O2/c1-18(2)10-6-11-19(3)12-7-13-20(4)14-8-15-21(5)16-9-17-22(23)24/h8,14,16,18-20H,6-7,9-13,15,17H2,1-5H3,(H,23,24)/b14-8+,21-16+. The molecule has 24 heavy (non-hydrogen) atoms. The van der Waals surface area contributed by atoms with Crippen LogP contribution in [0.5, 0.6) is 0 Å². The van der Waals surface area contributed by atoms with Crippen molar-refractivity contribution >= 4 is 5.97 Å². The maximum atomic E-state index is 10.5. The molecule has 0 aliphatic heterocycles. The van der Waals surface area contributed by atoms with Gasteiger partial charge in [-0.1, -0.05) is 83.6 Å². The molecule has 0 saturated carbocycles. The van der Waals surface area contributed by atoms with E-state index in [1.807, 2.05) is 6.08 Å². The maximum Gasteiger partial charge on any atom is 0.303 e. The predicted octanol–water partition coefficient (Wildman–Crippen LogP) is 7.01. The highest BCUT2D eigenvalue weighted by atomic mass is 16.4. The fraction of sp³-hybridized carbons (Fsp3) is 0.773. The Kier molecular flexibility index (Phi) is 13.7. The molecule has 1 N–H and O–H groups in total. The highest BCUT2D eigenvalue weighted by molar-refractivity contribution is 5.66. The van der Waals surface area contributed by atoms with Crippen LogP contribution in [-0.4, -0.2) is 11.1 Å². The van der Waals surface area contributed by atoms with Gasteiger partial charge in [-0.25, -0.2) is 0 Å². The van der Waals surface area contributed by atoms with Crippen molar-refractivity contribution in [1.29, 1.82) is 0 Å². The fourth-order valence-electron chi connectivity index (χ4n) is 2.92. The third-order valence-corrected chi connectivity index (χ3v) is 4.59. The van der Waals surface area contributed by atoms with Crippen LogP contribution in [-0.2, 0) is 4.79 Å². The summed E-state index contributed by atoms with van der Waals surface area (Å²) >= 11 is 0. The average molecular weight is 337 g/mol. The number of carbonyl (C=O) groups is 1. The molecule has 0 saturated heterocycles. The summed E-state index contributed by atoms with van der Waals surface area (Å²) in [4.78, 5) is 10.5. The summed E-state index contributed by atoms with van der Waals surface area (Å²) in [6, 6.07) is 0. The summed E-state index contributed by atoms with van der Waals surface area (Å²) in [5.74, 6) is 1.62. The van der Waals surface area contributed by atoms with Crippen molar-refractivity contribution in [2.45, 2.75) is 92.4 Å². The van der Waals surface area contributed by atoms with E-state index in [1.165, 1.54) is 44.1 Å². The van der Waals surface area contributed by atoms with Crippen LogP contribution in [0.1, 0.15) is 92.4 Å².